The molecule has 0 aromatic carbocycles. The van der Waals surface area contributed by atoms with Crippen molar-refractivity contribution in [2.24, 2.45) is 0 Å². The van der Waals surface area contributed by atoms with E-state index < -0.39 is 9.84 Å². The van der Waals surface area contributed by atoms with E-state index in [0.29, 0.717) is 0 Å². The van der Waals surface area contributed by atoms with Gasteiger partial charge in [0.25, 0.3) is 0 Å². The predicted molar refractivity (Wildman–Crippen MR) is 34.7 cm³/mol. The second-order valence-electron chi connectivity index (χ2n) is 1.36. The van der Waals surface area contributed by atoms with Crippen LogP contribution < -0.4 is 0 Å². The Hall–Kier alpha value is -0.0200. The minimum absolute atomic E-state index is 0.243. The summed E-state index contributed by atoms with van der Waals surface area (Å²) in [6.07, 6.45) is 2.51. The Morgan fingerprint density at radius 1 is 1.62 bits per heavy atom. The van der Waals surface area contributed by atoms with Gasteiger partial charge in [-0.05, 0) is 0 Å². The lowest BCUT2D eigenvalue weighted by atomic mass is 10.8. The molecule has 0 bridgehead atoms. The van der Waals surface area contributed by atoms with Gasteiger partial charge >= 0.3 is 0 Å². The normalized spacial score (nSPS) is 12.8. The molecule has 0 aliphatic rings. The smallest absolute Gasteiger partial charge is 0.168 e. The molecule has 0 aliphatic carbocycles. The van der Waals surface area contributed by atoms with Gasteiger partial charge in [0.15, 0.2) is 9.84 Å². The first kappa shape index (κ1) is 7.98. The van der Waals surface area contributed by atoms with Crippen LogP contribution in [-0.2, 0) is 9.84 Å². The summed E-state index contributed by atoms with van der Waals surface area (Å²) in [5, 5.41) is 1.08. The lowest BCUT2D eigenvalue weighted by molar-refractivity contribution is 0.610. The Bertz CT molecular complexity index is 168. The quantitative estimate of drug-likeness (QED) is 0.551. The highest BCUT2D eigenvalue weighted by atomic mass is 35.5. The summed E-state index contributed by atoms with van der Waals surface area (Å²) >= 11 is 5.16. The van der Waals surface area contributed by atoms with E-state index >= 15 is 0 Å². The van der Waals surface area contributed by atoms with Gasteiger partial charge in [-0.25, -0.2) is 8.42 Å². The molecule has 0 radical (unpaired) electrons. The van der Waals surface area contributed by atoms with Crippen molar-refractivity contribution in [1.82, 2.24) is 0 Å². The van der Waals surface area contributed by atoms with Gasteiger partial charge in [-0.3, -0.25) is 0 Å². The number of sulfone groups is 1. The Balaban J connectivity index is 3.92. The minimum atomic E-state index is -2.95. The Morgan fingerprint density at radius 3 is 2.25 bits per heavy atom. The number of allylic oxidation sites excluding steroid dienone is 1. The summed E-state index contributed by atoms with van der Waals surface area (Å²) in [5.74, 6) is 0.243. The third kappa shape index (κ3) is 5.98. The molecular formula is C4H7ClO2S. The van der Waals surface area contributed by atoms with Gasteiger partial charge in [-0.1, -0.05) is 6.08 Å². The molecule has 0 saturated heterocycles. The largest absolute Gasteiger partial charge is 0.225 e. The zero-order chi connectivity index (χ0) is 6.62. The molecule has 0 aromatic heterocycles. The fourth-order valence-electron chi connectivity index (χ4n) is 0.211. The van der Waals surface area contributed by atoms with E-state index in [-0.39, 0.29) is 5.88 Å². The van der Waals surface area contributed by atoms with Gasteiger partial charge in [0.05, 0.1) is 0 Å². The topological polar surface area (TPSA) is 34.1 Å². The van der Waals surface area contributed by atoms with E-state index in [4.69, 9.17) is 11.6 Å². The molecule has 0 atom stereocenters. The molecule has 0 aromatic rings. The molecule has 4 heteroatoms. The second kappa shape index (κ2) is 3.10. The van der Waals surface area contributed by atoms with Crippen LogP contribution in [0.4, 0.5) is 0 Å². The molecule has 0 saturated carbocycles. The van der Waals surface area contributed by atoms with Crippen LogP contribution in [0.3, 0.4) is 0 Å². The first-order chi connectivity index (χ1) is 3.56. The summed E-state index contributed by atoms with van der Waals surface area (Å²) in [5.41, 5.74) is 0. The number of alkyl halides is 1. The highest BCUT2D eigenvalue weighted by Crippen LogP contribution is 1.85. The number of halogens is 1. The predicted octanol–water partition coefficient (Wildman–Crippen LogP) is 0.784. The van der Waals surface area contributed by atoms with Crippen molar-refractivity contribution in [3.05, 3.63) is 11.5 Å². The van der Waals surface area contributed by atoms with E-state index in [1.165, 1.54) is 6.08 Å². The summed E-state index contributed by atoms with van der Waals surface area (Å²) in [6.45, 7) is 0. The van der Waals surface area contributed by atoms with Crippen LogP contribution in [-0.4, -0.2) is 20.6 Å². The Labute approximate surface area is 54.1 Å². The third-order valence-corrected chi connectivity index (χ3v) is 1.30. The Morgan fingerprint density at radius 2 is 2.12 bits per heavy atom. The van der Waals surface area contributed by atoms with E-state index in [1.54, 1.807) is 0 Å². The van der Waals surface area contributed by atoms with Gasteiger partial charge in [-0.2, -0.15) is 0 Å². The van der Waals surface area contributed by atoms with Crippen molar-refractivity contribution in [3.63, 3.8) is 0 Å². The SMILES string of the molecule is CS(=O)(=O)/C=C\CCl. The zero-order valence-electron chi connectivity index (χ0n) is 4.46. The monoisotopic (exact) mass is 154 g/mol. The molecule has 0 heterocycles. The van der Waals surface area contributed by atoms with Crippen LogP contribution >= 0.6 is 11.6 Å². The van der Waals surface area contributed by atoms with Crippen LogP contribution in [0.2, 0.25) is 0 Å². The van der Waals surface area contributed by atoms with Gasteiger partial charge in [-0.15, -0.1) is 11.6 Å². The van der Waals surface area contributed by atoms with Crippen molar-refractivity contribution in [2.75, 3.05) is 12.1 Å². The maximum atomic E-state index is 10.2. The molecular weight excluding hydrogens is 148 g/mol. The first-order valence-electron chi connectivity index (χ1n) is 1.99. The van der Waals surface area contributed by atoms with Crippen molar-refractivity contribution in [3.8, 4) is 0 Å². The van der Waals surface area contributed by atoms with Crippen molar-refractivity contribution in [2.45, 2.75) is 0 Å². The van der Waals surface area contributed by atoms with E-state index in [0.717, 1.165) is 11.7 Å². The fraction of sp³-hybridized carbons (Fsp3) is 0.500. The number of hydrogen-bond acceptors (Lipinski definition) is 2. The molecule has 0 spiro atoms. The summed E-state index contributed by atoms with van der Waals surface area (Å²) in [6, 6.07) is 0. The van der Waals surface area contributed by atoms with Gasteiger partial charge in [0.2, 0.25) is 0 Å². The van der Waals surface area contributed by atoms with Gasteiger partial charge in [0, 0.05) is 17.5 Å². The highest BCUT2D eigenvalue weighted by Gasteiger charge is 1.89. The summed E-state index contributed by atoms with van der Waals surface area (Å²) in [4.78, 5) is 0. The molecule has 8 heavy (non-hydrogen) atoms. The first-order valence-corrected chi connectivity index (χ1v) is 4.48. The van der Waals surface area contributed by atoms with Crippen LogP contribution in [0, 0.1) is 0 Å². The van der Waals surface area contributed by atoms with Crippen molar-refractivity contribution < 1.29 is 8.42 Å². The lowest BCUT2D eigenvalue weighted by Gasteiger charge is -1.79. The van der Waals surface area contributed by atoms with Crippen LogP contribution in [0.5, 0.6) is 0 Å². The van der Waals surface area contributed by atoms with E-state index in [1.807, 2.05) is 0 Å². The Kier molecular flexibility index (Phi) is 3.09. The molecule has 0 unspecified atom stereocenters. The molecule has 0 aliphatic heterocycles. The van der Waals surface area contributed by atoms with E-state index in [2.05, 4.69) is 0 Å². The van der Waals surface area contributed by atoms with Crippen LogP contribution in [0.1, 0.15) is 0 Å². The second-order valence-corrected chi connectivity index (χ2v) is 3.60. The molecule has 0 amide bonds. The molecule has 0 rings (SSSR count). The molecule has 0 fully saturated rings. The third-order valence-electron chi connectivity index (χ3n) is 0.433. The minimum Gasteiger partial charge on any atom is -0.225 e. The molecule has 0 N–H and O–H groups in total. The van der Waals surface area contributed by atoms with Gasteiger partial charge < -0.3 is 0 Å². The molecule has 2 nitrogen and oxygen atoms in total. The van der Waals surface area contributed by atoms with Crippen LogP contribution in [0.15, 0.2) is 11.5 Å². The molecule has 48 valence electrons. The number of hydrogen-bond donors (Lipinski definition) is 0. The average Bonchev–Trinajstić information content (AvgIpc) is 1.59. The summed E-state index contributed by atoms with van der Waals surface area (Å²) in [7, 11) is -2.95. The average molecular weight is 155 g/mol. The van der Waals surface area contributed by atoms with Crippen molar-refractivity contribution in [1.29, 1.82) is 0 Å². The fourth-order valence-corrected chi connectivity index (χ4v) is 0.852. The zero-order valence-corrected chi connectivity index (χ0v) is 6.04. The maximum Gasteiger partial charge on any atom is 0.168 e. The summed E-state index contributed by atoms with van der Waals surface area (Å²) < 4.78 is 20.5. The highest BCUT2D eigenvalue weighted by molar-refractivity contribution is 7.93. The number of rotatable bonds is 2. The van der Waals surface area contributed by atoms with Crippen molar-refractivity contribution >= 4 is 21.4 Å². The lowest BCUT2D eigenvalue weighted by Crippen LogP contribution is -1.87. The standard InChI is InChI=1S/C4H7ClO2S/c1-8(6,7)4-2-3-5/h2,4H,3H2,1H3/b4-2-. The maximum absolute atomic E-state index is 10.2. The van der Waals surface area contributed by atoms with E-state index in [9.17, 15) is 8.42 Å². The van der Waals surface area contributed by atoms with Gasteiger partial charge in [0.1, 0.15) is 0 Å². The van der Waals surface area contributed by atoms with Crippen LogP contribution in [0.25, 0.3) is 0 Å².